The Morgan fingerprint density at radius 1 is 1.27 bits per heavy atom. The molecule has 0 unspecified atom stereocenters. The lowest BCUT2D eigenvalue weighted by Gasteiger charge is -2.10. The molecule has 5 heteroatoms. The predicted molar refractivity (Wildman–Crippen MR) is 88.8 cm³/mol. The summed E-state index contributed by atoms with van der Waals surface area (Å²) >= 11 is 0. The minimum atomic E-state index is 0.638. The van der Waals surface area contributed by atoms with Crippen molar-refractivity contribution in [3.63, 3.8) is 0 Å². The number of benzene rings is 1. The van der Waals surface area contributed by atoms with E-state index >= 15 is 0 Å². The first kappa shape index (κ1) is 14.4. The van der Waals surface area contributed by atoms with Gasteiger partial charge in [-0.15, -0.1) is 5.10 Å². The first-order chi connectivity index (χ1) is 10.9. The molecule has 1 aliphatic heterocycles. The summed E-state index contributed by atoms with van der Waals surface area (Å²) in [5.41, 5.74) is 2.11. The van der Waals surface area contributed by atoms with Crippen LogP contribution >= 0.6 is 0 Å². The first-order valence-corrected chi connectivity index (χ1v) is 7.58. The molecule has 1 aromatic heterocycles. The van der Waals surface area contributed by atoms with Crippen molar-refractivity contribution in [2.24, 2.45) is 4.99 Å². The molecule has 114 valence electrons. The second-order valence-electron chi connectivity index (χ2n) is 5.10. The van der Waals surface area contributed by atoms with E-state index in [-0.39, 0.29) is 0 Å². The van der Waals surface area contributed by atoms with Crippen LogP contribution in [0.5, 0.6) is 5.88 Å². The molecule has 0 saturated heterocycles. The highest BCUT2D eigenvalue weighted by atomic mass is 16.5. The molecule has 22 heavy (non-hydrogen) atoms. The van der Waals surface area contributed by atoms with Crippen molar-refractivity contribution in [1.29, 1.82) is 0 Å². The monoisotopic (exact) mass is 296 g/mol. The van der Waals surface area contributed by atoms with Gasteiger partial charge in [-0.3, -0.25) is 4.99 Å². The fraction of sp³-hybridized carbons (Fsp3) is 0.294. The summed E-state index contributed by atoms with van der Waals surface area (Å²) in [6, 6.07) is 10.3. The van der Waals surface area contributed by atoms with Gasteiger partial charge in [0.1, 0.15) is 5.82 Å². The fourth-order valence-electron chi connectivity index (χ4n) is 2.32. The van der Waals surface area contributed by atoms with Crippen LogP contribution in [0, 0.1) is 0 Å². The van der Waals surface area contributed by atoms with Crippen molar-refractivity contribution in [3.8, 4) is 5.88 Å². The van der Waals surface area contributed by atoms with Crippen molar-refractivity contribution in [1.82, 2.24) is 9.78 Å². The molecule has 1 aromatic carbocycles. The normalized spacial score (nSPS) is 14.6. The van der Waals surface area contributed by atoms with Gasteiger partial charge in [0.25, 0.3) is 0 Å². The van der Waals surface area contributed by atoms with Gasteiger partial charge in [0.15, 0.2) is 0 Å². The highest BCUT2D eigenvalue weighted by Crippen LogP contribution is 2.26. The van der Waals surface area contributed by atoms with E-state index in [0.29, 0.717) is 19.0 Å². The van der Waals surface area contributed by atoms with Gasteiger partial charge in [0.2, 0.25) is 5.88 Å². The van der Waals surface area contributed by atoms with Crippen LogP contribution in [0.2, 0.25) is 0 Å². The standard InChI is InChI=1S/C17H20N4O/c1-2-11-22-17-15-12-18-9-6-10-19-16(15)21(20-17)13-14-7-4-3-5-8-14/h3-9,12,19H,2,10-11,13H2,1H3/b9-6+,18-12?. The molecular weight excluding hydrogens is 276 g/mol. The first-order valence-electron chi connectivity index (χ1n) is 7.58. The lowest BCUT2D eigenvalue weighted by Crippen LogP contribution is -2.10. The van der Waals surface area contributed by atoms with E-state index in [1.807, 2.05) is 29.0 Å². The van der Waals surface area contributed by atoms with Crippen molar-refractivity contribution in [3.05, 3.63) is 53.7 Å². The Balaban J connectivity index is 1.95. The summed E-state index contributed by atoms with van der Waals surface area (Å²) in [7, 11) is 0. The van der Waals surface area contributed by atoms with E-state index in [0.717, 1.165) is 24.3 Å². The van der Waals surface area contributed by atoms with E-state index in [1.165, 1.54) is 5.56 Å². The summed E-state index contributed by atoms with van der Waals surface area (Å²) in [5.74, 6) is 1.59. The van der Waals surface area contributed by atoms with Gasteiger partial charge in [0.05, 0.1) is 18.7 Å². The lowest BCUT2D eigenvalue weighted by atomic mass is 10.2. The number of fused-ring (bicyclic) bond motifs is 1. The summed E-state index contributed by atoms with van der Waals surface area (Å²) in [4.78, 5) is 4.28. The van der Waals surface area contributed by atoms with Crippen LogP contribution in [-0.2, 0) is 6.54 Å². The third kappa shape index (κ3) is 3.19. The molecule has 0 fully saturated rings. The second kappa shape index (κ2) is 6.93. The lowest BCUT2D eigenvalue weighted by molar-refractivity contribution is 0.301. The van der Waals surface area contributed by atoms with Crippen molar-refractivity contribution in [2.45, 2.75) is 19.9 Å². The van der Waals surface area contributed by atoms with Crippen LogP contribution in [0.4, 0.5) is 5.82 Å². The Kier molecular flexibility index (Phi) is 4.53. The minimum Gasteiger partial charge on any atom is -0.476 e. The number of nitrogens with one attached hydrogen (secondary N) is 1. The molecule has 5 nitrogen and oxygen atoms in total. The van der Waals surface area contributed by atoms with E-state index in [1.54, 1.807) is 12.4 Å². The molecule has 0 bridgehead atoms. The number of hydrogen-bond donors (Lipinski definition) is 1. The van der Waals surface area contributed by atoms with Crippen molar-refractivity contribution in [2.75, 3.05) is 18.5 Å². The maximum Gasteiger partial charge on any atom is 0.244 e. The Hall–Kier alpha value is -2.56. The van der Waals surface area contributed by atoms with Gasteiger partial charge in [-0.2, -0.15) is 0 Å². The molecule has 2 heterocycles. The average molecular weight is 296 g/mol. The Morgan fingerprint density at radius 2 is 2.14 bits per heavy atom. The molecule has 0 aliphatic carbocycles. The molecule has 0 amide bonds. The molecular formula is C17H20N4O. The molecule has 3 rings (SSSR count). The van der Waals surface area contributed by atoms with Gasteiger partial charge >= 0.3 is 0 Å². The average Bonchev–Trinajstić information content (AvgIpc) is 2.82. The van der Waals surface area contributed by atoms with E-state index in [2.05, 4.69) is 34.5 Å². The third-order valence-electron chi connectivity index (χ3n) is 3.36. The van der Waals surface area contributed by atoms with Gasteiger partial charge in [-0.25, -0.2) is 4.68 Å². The van der Waals surface area contributed by atoms with E-state index in [4.69, 9.17) is 4.74 Å². The summed E-state index contributed by atoms with van der Waals surface area (Å²) in [5, 5.41) is 8.01. The SMILES string of the molecule is CCCOc1nn(Cc2ccccc2)c2c1C=N/C=C/CN2. The summed E-state index contributed by atoms with van der Waals surface area (Å²) in [6.07, 6.45) is 6.52. The van der Waals surface area contributed by atoms with Crippen LogP contribution in [-0.4, -0.2) is 29.1 Å². The Bertz CT molecular complexity index is 673. The molecule has 0 spiro atoms. The van der Waals surface area contributed by atoms with Crippen molar-refractivity contribution < 1.29 is 4.74 Å². The van der Waals surface area contributed by atoms with Crippen LogP contribution in [0.15, 0.2) is 47.6 Å². The second-order valence-corrected chi connectivity index (χ2v) is 5.10. The third-order valence-corrected chi connectivity index (χ3v) is 3.36. The highest BCUT2D eigenvalue weighted by molar-refractivity contribution is 5.90. The van der Waals surface area contributed by atoms with Crippen LogP contribution in [0.3, 0.4) is 0 Å². The van der Waals surface area contributed by atoms with Crippen LogP contribution < -0.4 is 10.1 Å². The number of nitrogens with zero attached hydrogens (tertiary/aromatic N) is 3. The zero-order valence-corrected chi connectivity index (χ0v) is 12.7. The largest absolute Gasteiger partial charge is 0.476 e. The van der Waals surface area contributed by atoms with Gasteiger partial charge in [-0.1, -0.05) is 37.3 Å². The maximum atomic E-state index is 5.78. The number of hydrogen-bond acceptors (Lipinski definition) is 4. The van der Waals surface area contributed by atoms with Crippen molar-refractivity contribution >= 4 is 12.0 Å². The maximum absolute atomic E-state index is 5.78. The summed E-state index contributed by atoms with van der Waals surface area (Å²) in [6.45, 7) is 4.15. The molecule has 1 N–H and O–H groups in total. The van der Waals surface area contributed by atoms with E-state index in [9.17, 15) is 0 Å². The minimum absolute atomic E-state index is 0.638. The number of ether oxygens (including phenoxy) is 1. The smallest absolute Gasteiger partial charge is 0.244 e. The van der Waals surface area contributed by atoms with Crippen LogP contribution in [0.1, 0.15) is 24.5 Å². The zero-order valence-electron chi connectivity index (χ0n) is 12.7. The zero-order chi connectivity index (χ0) is 15.2. The molecule has 0 radical (unpaired) electrons. The quantitative estimate of drug-likeness (QED) is 0.922. The fourth-order valence-corrected chi connectivity index (χ4v) is 2.32. The van der Waals surface area contributed by atoms with Gasteiger partial charge < -0.3 is 10.1 Å². The number of anilines is 1. The summed E-state index contributed by atoms with van der Waals surface area (Å²) < 4.78 is 7.73. The molecule has 2 aromatic rings. The topological polar surface area (TPSA) is 51.4 Å². The molecule has 0 saturated carbocycles. The Labute approximate surface area is 130 Å². The van der Waals surface area contributed by atoms with Gasteiger partial charge in [0, 0.05) is 19.0 Å². The molecule has 0 atom stereocenters. The number of rotatable bonds is 5. The van der Waals surface area contributed by atoms with Gasteiger partial charge in [-0.05, 0) is 18.1 Å². The van der Waals surface area contributed by atoms with E-state index < -0.39 is 0 Å². The Morgan fingerprint density at radius 3 is 2.95 bits per heavy atom. The highest BCUT2D eigenvalue weighted by Gasteiger charge is 2.18. The number of aromatic nitrogens is 2. The predicted octanol–water partition coefficient (Wildman–Crippen LogP) is 3.08. The molecule has 1 aliphatic rings. The number of aliphatic imine (C=N–C) groups is 1. The van der Waals surface area contributed by atoms with Crippen LogP contribution in [0.25, 0.3) is 0 Å².